The van der Waals surface area contributed by atoms with Crippen LogP contribution in [0.15, 0.2) is 33.9 Å². The molecule has 152 valence electrons. The van der Waals surface area contributed by atoms with Crippen LogP contribution in [0.4, 0.5) is 11.6 Å². The second kappa shape index (κ2) is 7.19. The zero-order valence-corrected chi connectivity index (χ0v) is 17.0. The lowest BCUT2D eigenvalue weighted by Crippen LogP contribution is -2.49. The zero-order chi connectivity index (χ0) is 20.7. The third-order valence-corrected chi connectivity index (χ3v) is 5.29. The maximum absolute atomic E-state index is 12.2. The largest absolute Gasteiger partial charge is 0.354 e. The Bertz CT molecular complexity index is 1150. The molecule has 4 heterocycles. The second-order valence-electron chi connectivity index (χ2n) is 7.30. The third-order valence-electron chi connectivity index (χ3n) is 5.29. The first-order valence-corrected chi connectivity index (χ1v) is 9.49. The lowest BCUT2D eigenvalue weighted by atomic mass is 10.3. The molecule has 0 N–H and O–H groups in total. The molecule has 4 rings (SSSR count). The topological polar surface area (TPSA) is 94.1 Å². The minimum absolute atomic E-state index is 0.295. The van der Waals surface area contributed by atoms with Crippen molar-refractivity contribution in [2.75, 3.05) is 36.0 Å². The molecule has 1 aliphatic heterocycles. The predicted octanol–water partition coefficient (Wildman–Crippen LogP) is 0.00314. The Balaban J connectivity index is 1.48. The van der Waals surface area contributed by atoms with Crippen molar-refractivity contribution in [2.45, 2.75) is 13.8 Å². The number of anilines is 2. The van der Waals surface area contributed by atoms with E-state index in [9.17, 15) is 9.59 Å². The highest BCUT2D eigenvalue weighted by Crippen LogP contribution is 2.18. The summed E-state index contributed by atoms with van der Waals surface area (Å²) in [6.45, 7) is 6.74. The average Bonchev–Trinajstić information content (AvgIpc) is 3.07. The monoisotopic (exact) mass is 396 g/mol. The highest BCUT2D eigenvalue weighted by Gasteiger charge is 2.21. The summed E-state index contributed by atoms with van der Waals surface area (Å²) in [6, 6.07) is 7.38. The SMILES string of the molecule is Cc1cc(C)n(-c2ccc(N3CCN(c4cc(=O)n(C)c(=O)n4C)CC3)nn2)n1. The van der Waals surface area contributed by atoms with Gasteiger partial charge >= 0.3 is 5.69 Å². The molecule has 0 unspecified atom stereocenters. The Kier molecular flexibility index (Phi) is 4.69. The lowest BCUT2D eigenvalue weighted by Gasteiger charge is -2.36. The van der Waals surface area contributed by atoms with Gasteiger partial charge in [-0.1, -0.05) is 0 Å². The smallest absolute Gasteiger partial charge is 0.332 e. The Labute approximate surface area is 167 Å². The van der Waals surface area contributed by atoms with Gasteiger partial charge in [0.2, 0.25) is 0 Å². The summed E-state index contributed by atoms with van der Waals surface area (Å²) in [5.74, 6) is 2.13. The van der Waals surface area contributed by atoms with E-state index < -0.39 is 0 Å². The van der Waals surface area contributed by atoms with Gasteiger partial charge in [-0.15, -0.1) is 10.2 Å². The maximum atomic E-state index is 12.2. The number of hydrogen-bond acceptors (Lipinski definition) is 7. The maximum Gasteiger partial charge on any atom is 0.332 e. The molecule has 1 saturated heterocycles. The normalized spacial score (nSPS) is 14.5. The van der Waals surface area contributed by atoms with Crippen LogP contribution in [-0.4, -0.2) is 55.3 Å². The van der Waals surface area contributed by atoms with E-state index in [-0.39, 0.29) is 11.2 Å². The zero-order valence-electron chi connectivity index (χ0n) is 17.0. The first kappa shape index (κ1) is 18.9. The van der Waals surface area contributed by atoms with Crippen molar-refractivity contribution in [3.8, 4) is 5.82 Å². The van der Waals surface area contributed by atoms with E-state index in [2.05, 4.69) is 25.1 Å². The number of piperazine rings is 1. The fourth-order valence-corrected chi connectivity index (χ4v) is 3.65. The highest BCUT2D eigenvalue weighted by atomic mass is 16.2. The van der Waals surface area contributed by atoms with Gasteiger partial charge in [0.1, 0.15) is 5.82 Å². The van der Waals surface area contributed by atoms with Crippen molar-refractivity contribution < 1.29 is 0 Å². The van der Waals surface area contributed by atoms with Gasteiger partial charge in [-0.05, 0) is 32.0 Å². The van der Waals surface area contributed by atoms with E-state index in [4.69, 9.17) is 0 Å². The van der Waals surface area contributed by atoms with E-state index in [0.29, 0.717) is 24.7 Å². The van der Waals surface area contributed by atoms with Gasteiger partial charge in [-0.25, -0.2) is 9.48 Å². The standard InChI is InChI=1S/C19H24N8O2/c1-13-11-14(2)27(22-13)16-6-5-15(20-21-16)25-7-9-26(10-8-25)17-12-18(28)24(4)19(29)23(17)3/h5-6,11-12H,7-10H2,1-4H3. The molecule has 10 heteroatoms. The molecule has 0 aromatic carbocycles. The predicted molar refractivity (Wildman–Crippen MR) is 110 cm³/mol. The molecule has 0 aliphatic carbocycles. The van der Waals surface area contributed by atoms with Crippen molar-refractivity contribution in [2.24, 2.45) is 14.1 Å². The molecular formula is C19H24N8O2. The number of hydrogen-bond donors (Lipinski definition) is 0. The van der Waals surface area contributed by atoms with Gasteiger partial charge in [0.15, 0.2) is 11.6 Å². The van der Waals surface area contributed by atoms with Gasteiger partial charge in [0.25, 0.3) is 5.56 Å². The summed E-state index contributed by atoms with van der Waals surface area (Å²) in [5, 5.41) is 13.1. The van der Waals surface area contributed by atoms with Crippen LogP contribution < -0.4 is 21.0 Å². The number of aromatic nitrogens is 6. The van der Waals surface area contributed by atoms with E-state index in [0.717, 1.165) is 34.9 Å². The molecule has 0 bridgehead atoms. The first-order chi connectivity index (χ1) is 13.8. The van der Waals surface area contributed by atoms with Gasteiger partial charge in [-0.3, -0.25) is 13.9 Å². The minimum atomic E-state index is -0.319. The van der Waals surface area contributed by atoms with Crippen LogP contribution in [0.1, 0.15) is 11.4 Å². The fourth-order valence-electron chi connectivity index (χ4n) is 3.65. The summed E-state index contributed by atoms with van der Waals surface area (Å²) in [5.41, 5.74) is 1.34. The third kappa shape index (κ3) is 3.41. The molecule has 29 heavy (non-hydrogen) atoms. The lowest BCUT2D eigenvalue weighted by molar-refractivity contribution is 0.605. The first-order valence-electron chi connectivity index (χ1n) is 9.49. The van der Waals surface area contributed by atoms with Gasteiger partial charge in [0.05, 0.1) is 5.69 Å². The van der Waals surface area contributed by atoms with Crippen LogP contribution in [0.5, 0.6) is 0 Å². The Morgan fingerprint density at radius 2 is 1.45 bits per heavy atom. The van der Waals surface area contributed by atoms with E-state index in [1.807, 2.05) is 32.0 Å². The molecule has 10 nitrogen and oxygen atoms in total. The van der Waals surface area contributed by atoms with Crippen molar-refractivity contribution in [1.82, 2.24) is 29.1 Å². The van der Waals surface area contributed by atoms with Crippen LogP contribution in [-0.2, 0) is 14.1 Å². The van der Waals surface area contributed by atoms with Crippen LogP contribution in [0, 0.1) is 13.8 Å². The number of rotatable bonds is 3. The van der Waals surface area contributed by atoms with E-state index in [1.165, 1.54) is 17.7 Å². The van der Waals surface area contributed by atoms with Gasteiger partial charge in [-0.2, -0.15) is 5.10 Å². The van der Waals surface area contributed by atoms with Crippen molar-refractivity contribution >= 4 is 11.6 Å². The Morgan fingerprint density at radius 3 is 2.03 bits per heavy atom. The molecule has 0 atom stereocenters. The minimum Gasteiger partial charge on any atom is -0.354 e. The Hall–Kier alpha value is -3.43. The summed E-state index contributed by atoms with van der Waals surface area (Å²) in [4.78, 5) is 28.4. The number of aryl methyl sites for hydroxylation is 2. The van der Waals surface area contributed by atoms with Gasteiger partial charge in [0, 0.05) is 52.0 Å². The average molecular weight is 396 g/mol. The van der Waals surface area contributed by atoms with Gasteiger partial charge < -0.3 is 9.80 Å². The van der Waals surface area contributed by atoms with Crippen LogP contribution >= 0.6 is 0 Å². The molecular weight excluding hydrogens is 372 g/mol. The molecule has 3 aromatic heterocycles. The molecule has 1 aliphatic rings. The summed E-state index contributed by atoms with van der Waals surface area (Å²) >= 11 is 0. The molecule has 0 spiro atoms. The Morgan fingerprint density at radius 1 is 0.828 bits per heavy atom. The van der Waals surface area contributed by atoms with Crippen molar-refractivity contribution in [1.29, 1.82) is 0 Å². The molecule has 0 radical (unpaired) electrons. The fraction of sp³-hybridized carbons (Fsp3) is 0.421. The quantitative estimate of drug-likeness (QED) is 0.615. The second-order valence-corrected chi connectivity index (χ2v) is 7.30. The molecule has 3 aromatic rings. The highest BCUT2D eigenvalue weighted by molar-refractivity contribution is 5.45. The van der Waals surface area contributed by atoms with Crippen LogP contribution in [0.3, 0.4) is 0 Å². The van der Waals surface area contributed by atoms with Crippen LogP contribution in [0.2, 0.25) is 0 Å². The summed E-state index contributed by atoms with van der Waals surface area (Å²) in [6.07, 6.45) is 0. The van der Waals surface area contributed by atoms with E-state index >= 15 is 0 Å². The summed E-state index contributed by atoms with van der Waals surface area (Å²) < 4.78 is 4.40. The molecule has 0 amide bonds. The van der Waals surface area contributed by atoms with Crippen molar-refractivity contribution in [3.63, 3.8) is 0 Å². The van der Waals surface area contributed by atoms with E-state index in [1.54, 1.807) is 11.7 Å². The molecule has 1 fully saturated rings. The van der Waals surface area contributed by atoms with Crippen molar-refractivity contribution in [3.05, 3.63) is 56.5 Å². The molecule has 0 saturated carbocycles. The summed E-state index contributed by atoms with van der Waals surface area (Å²) in [7, 11) is 3.17. The number of nitrogens with zero attached hydrogens (tertiary/aromatic N) is 8. The van der Waals surface area contributed by atoms with Crippen LogP contribution in [0.25, 0.3) is 5.82 Å².